The van der Waals surface area contributed by atoms with Gasteiger partial charge in [-0.25, -0.2) is 0 Å². The Bertz CT molecular complexity index is 831. The highest BCUT2D eigenvalue weighted by Crippen LogP contribution is 2.36. The molecule has 1 aliphatic rings. The molecule has 0 saturated carbocycles. The third-order valence-corrected chi connectivity index (χ3v) is 4.41. The van der Waals surface area contributed by atoms with Crippen LogP contribution in [-0.2, 0) is 6.18 Å². The van der Waals surface area contributed by atoms with Crippen LogP contribution < -0.4 is 0 Å². The van der Waals surface area contributed by atoms with Crippen LogP contribution in [0.5, 0.6) is 0 Å². The van der Waals surface area contributed by atoms with Gasteiger partial charge < -0.3 is 4.90 Å². The second kappa shape index (κ2) is 8.33. The van der Waals surface area contributed by atoms with Gasteiger partial charge in [-0.15, -0.1) is 0 Å². The van der Waals surface area contributed by atoms with E-state index >= 15 is 0 Å². The topological polar surface area (TPSA) is 45.0 Å². The maximum Gasteiger partial charge on any atom is 0.417 e. The van der Waals surface area contributed by atoms with Gasteiger partial charge in [0.25, 0.3) is 5.91 Å². The van der Waals surface area contributed by atoms with E-state index in [9.17, 15) is 18.0 Å². The summed E-state index contributed by atoms with van der Waals surface area (Å²) in [6.07, 6.45) is -0.611. The molecule has 1 amide bonds. The van der Waals surface area contributed by atoms with E-state index in [-0.39, 0.29) is 17.0 Å². The van der Waals surface area contributed by atoms with Crippen LogP contribution in [0.3, 0.4) is 0 Å². The van der Waals surface area contributed by atoms with Crippen molar-refractivity contribution >= 4 is 11.5 Å². The Kier molecular flexibility index (Phi) is 6.36. The number of alkyl halides is 3. The molecule has 0 unspecified atom stereocenters. The van der Waals surface area contributed by atoms with Crippen molar-refractivity contribution in [2.24, 2.45) is 10.2 Å². The molecule has 0 radical (unpaired) electrons. The van der Waals surface area contributed by atoms with Gasteiger partial charge in [0.2, 0.25) is 0 Å². The zero-order valence-corrected chi connectivity index (χ0v) is 15.6. The highest BCUT2D eigenvalue weighted by atomic mass is 19.4. The van der Waals surface area contributed by atoms with Gasteiger partial charge in [0.1, 0.15) is 0 Å². The molecule has 1 heterocycles. The van der Waals surface area contributed by atoms with Gasteiger partial charge in [-0.1, -0.05) is 18.7 Å². The summed E-state index contributed by atoms with van der Waals surface area (Å²) >= 11 is 0. The Morgan fingerprint density at radius 2 is 1.93 bits per heavy atom. The normalized spacial score (nSPS) is 16.2. The summed E-state index contributed by atoms with van der Waals surface area (Å²) in [5.41, 5.74) is 0.700. The van der Waals surface area contributed by atoms with Crippen molar-refractivity contribution in [2.75, 3.05) is 20.1 Å². The maximum atomic E-state index is 13.6. The summed E-state index contributed by atoms with van der Waals surface area (Å²) in [6, 6.07) is 3.71. The van der Waals surface area contributed by atoms with Crippen molar-refractivity contribution in [3.8, 4) is 0 Å². The summed E-state index contributed by atoms with van der Waals surface area (Å²) in [4.78, 5) is 13.8. The fourth-order valence-electron chi connectivity index (χ4n) is 2.67. The van der Waals surface area contributed by atoms with Crippen molar-refractivity contribution in [1.82, 2.24) is 4.90 Å². The van der Waals surface area contributed by atoms with Gasteiger partial charge in [0.15, 0.2) is 0 Å². The predicted octanol–water partition coefficient (Wildman–Crippen LogP) is 5.50. The van der Waals surface area contributed by atoms with Crippen molar-refractivity contribution in [3.05, 3.63) is 64.9 Å². The lowest BCUT2D eigenvalue weighted by molar-refractivity contribution is -0.137. The molecular weight excluding hydrogens is 355 g/mol. The molecule has 27 heavy (non-hydrogen) atoms. The van der Waals surface area contributed by atoms with Gasteiger partial charge in [-0.2, -0.15) is 23.4 Å². The van der Waals surface area contributed by atoms with Gasteiger partial charge in [0.05, 0.1) is 11.3 Å². The molecule has 1 aromatic carbocycles. The van der Waals surface area contributed by atoms with E-state index in [2.05, 4.69) is 16.8 Å². The fourth-order valence-corrected chi connectivity index (χ4v) is 2.67. The Morgan fingerprint density at radius 3 is 2.41 bits per heavy atom. The van der Waals surface area contributed by atoms with E-state index in [1.54, 1.807) is 19.9 Å². The zero-order valence-electron chi connectivity index (χ0n) is 15.6. The Hall–Kier alpha value is -2.70. The first-order valence-electron chi connectivity index (χ1n) is 8.51. The van der Waals surface area contributed by atoms with Crippen LogP contribution in [0.4, 0.5) is 13.2 Å². The van der Waals surface area contributed by atoms with Gasteiger partial charge in [-0.05, 0) is 55.2 Å². The minimum absolute atomic E-state index is 0.00308. The number of nitrogens with zero attached hydrogens (tertiary/aromatic N) is 3. The van der Waals surface area contributed by atoms with E-state index in [1.165, 1.54) is 30.2 Å². The number of rotatable bonds is 5. The van der Waals surface area contributed by atoms with E-state index in [4.69, 9.17) is 0 Å². The first kappa shape index (κ1) is 20.6. The number of likely N-dealkylation sites (tertiary alicyclic amines) is 1. The van der Waals surface area contributed by atoms with Crippen LogP contribution in [0.1, 0.15) is 41.8 Å². The first-order valence-corrected chi connectivity index (χ1v) is 8.51. The number of azo groups is 1. The minimum atomic E-state index is -4.58. The molecule has 0 bridgehead atoms. The molecule has 4 nitrogen and oxygen atoms in total. The van der Waals surface area contributed by atoms with Gasteiger partial charge in [0, 0.05) is 25.7 Å². The lowest BCUT2D eigenvalue weighted by atomic mass is 9.96. The van der Waals surface area contributed by atoms with E-state index in [0.29, 0.717) is 29.9 Å². The van der Waals surface area contributed by atoms with Crippen LogP contribution in [0.2, 0.25) is 0 Å². The Balaban J connectivity index is 2.53. The molecule has 1 saturated heterocycles. The van der Waals surface area contributed by atoms with Crippen molar-refractivity contribution in [3.63, 3.8) is 0 Å². The molecule has 0 N–H and O–H groups in total. The van der Waals surface area contributed by atoms with E-state index in [0.717, 1.165) is 12.5 Å². The number of benzene rings is 1. The summed E-state index contributed by atoms with van der Waals surface area (Å²) in [6.45, 7) is 8.14. The number of carbonyl (C=O) groups excluding carboxylic acids is 1. The van der Waals surface area contributed by atoms with Crippen LogP contribution in [0.15, 0.2) is 58.4 Å². The SMILES string of the molecule is C=C/C(C)=C(\C=C(/C)c1ccc(C(=O)N2CCC2)cc1C(F)(F)F)N=NC. The molecule has 144 valence electrons. The number of halogens is 3. The Labute approximate surface area is 156 Å². The summed E-state index contributed by atoms with van der Waals surface area (Å²) in [5, 5.41) is 7.65. The molecule has 1 aliphatic heterocycles. The number of hydrogen-bond acceptors (Lipinski definition) is 3. The first-order chi connectivity index (χ1) is 12.7. The highest BCUT2D eigenvalue weighted by Gasteiger charge is 2.35. The lowest BCUT2D eigenvalue weighted by Gasteiger charge is -2.31. The molecule has 0 aromatic heterocycles. The molecule has 0 spiro atoms. The van der Waals surface area contributed by atoms with Crippen LogP contribution in [0, 0.1) is 0 Å². The third-order valence-electron chi connectivity index (χ3n) is 4.41. The number of allylic oxidation sites excluding steroid dienone is 4. The second-order valence-corrected chi connectivity index (χ2v) is 6.30. The van der Waals surface area contributed by atoms with E-state index < -0.39 is 11.7 Å². The maximum absolute atomic E-state index is 13.6. The van der Waals surface area contributed by atoms with Crippen LogP contribution >= 0.6 is 0 Å². The second-order valence-electron chi connectivity index (χ2n) is 6.30. The quantitative estimate of drug-likeness (QED) is 0.494. The van der Waals surface area contributed by atoms with Gasteiger partial charge in [-0.3, -0.25) is 4.79 Å². The average molecular weight is 377 g/mol. The summed E-state index contributed by atoms with van der Waals surface area (Å²) < 4.78 is 40.9. The van der Waals surface area contributed by atoms with Gasteiger partial charge >= 0.3 is 6.18 Å². The molecule has 7 heteroatoms. The molecular formula is C20H22F3N3O. The van der Waals surface area contributed by atoms with Crippen LogP contribution in [-0.4, -0.2) is 30.9 Å². The van der Waals surface area contributed by atoms with Crippen molar-refractivity contribution in [1.29, 1.82) is 0 Å². The number of hydrogen-bond donors (Lipinski definition) is 0. The third kappa shape index (κ3) is 4.72. The monoisotopic (exact) mass is 377 g/mol. The summed E-state index contributed by atoms with van der Waals surface area (Å²) in [5.74, 6) is -0.372. The molecule has 1 aromatic rings. The number of amides is 1. The molecule has 0 atom stereocenters. The highest BCUT2D eigenvalue weighted by molar-refractivity contribution is 5.95. The number of carbonyl (C=O) groups is 1. The molecule has 0 aliphatic carbocycles. The molecule has 1 fully saturated rings. The average Bonchev–Trinajstić information content (AvgIpc) is 2.57. The largest absolute Gasteiger partial charge is 0.417 e. The fraction of sp³-hybridized carbons (Fsp3) is 0.350. The smallest absolute Gasteiger partial charge is 0.339 e. The van der Waals surface area contributed by atoms with Crippen LogP contribution in [0.25, 0.3) is 5.57 Å². The lowest BCUT2D eigenvalue weighted by Crippen LogP contribution is -2.42. The Morgan fingerprint density at radius 1 is 1.26 bits per heavy atom. The van der Waals surface area contributed by atoms with Crippen molar-refractivity contribution in [2.45, 2.75) is 26.4 Å². The standard InChI is InChI=1S/C20H22F3N3O/c1-5-13(2)18(25-24-4)11-14(3)16-8-7-15(12-17(16)20(21,22)23)19(27)26-9-6-10-26/h5,7-8,11-12H,1,6,9-10H2,2-4H3/b14-11+,18-13+,25-24?. The van der Waals surface area contributed by atoms with Crippen molar-refractivity contribution < 1.29 is 18.0 Å². The van der Waals surface area contributed by atoms with E-state index in [1.807, 2.05) is 0 Å². The zero-order chi connectivity index (χ0) is 20.2. The molecule has 2 rings (SSSR count). The summed E-state index contributed by atoms with van der Waals surface area (Å²) in [7, 11) is 1.48. The minimum Gasteiger partial charge on any atom is -0.339 e. The predicted molar refractivity (Wildman–Crippen MR) is 99.3 cm³/mol.